The largest absolute Gasteiger partial charge is 0.508 e. The zero-order valence-electron chi connectivity index (χ0n) is 51.6. The Bertz CT molecular complexity index is 3530. The van der Waals surface area contributed by atoms with Crippen molar-refractivity contribution in [1.82, 2.24) is 31.2 Å². The molecule has 88 heavy (non-hydrogen) atoms. The second-order valence-corrected chi connectivity index (χ2v) is 24.0. The number of hydrogen-bond donors (Lipinski definition) is 6. The standard InChI is InChI=1S/C69H82N8O11/c1-42-17-16-18-44(3)86-63(80)40-58(45-23-28-50(78)29-24-45)74-66(83)59(37-47-41-72-56-20-12-11-19-51(47)56)77(8)67(84)57(73-64(81)43(2)35-42)21-13-15-33-70-62(79)22-10-9-14-34-71-65(82)46-25-30-52-55(36-46)69(88-68(52)85)53-31-26-48(75(4)5)38-60(53)87-61-39-49(76(6)7)27-32-54(61)69/h11-12,17,19-20,23-32,36,38-39,41,43-44,57-59,72,78H,9-10,13-16,18,21-22,33-35,37,40H2,1-8H3,(H,70,79)(H,71,82)(H,73,81)(H,74,83)/b42-17+/t43-,44-,57+,58?,59+/m0/s1. The molecule has 1 aromatic heterocycles. The predicted octanol–water partition coefficient (Wildman–Crippen LogP) is 9.65. The number of H-pyrrole nitrogens is 1. The Balaban J connectivity index is 0.809. The van der Waals surface area contributed by atoms with E-state index in [-0.39, 0.29) is 49.2 Å². The number of anilines is 2. The number of fused-ring (bicyclic) bond motifs is 7. The highest BCUT2D eigenvalue weighted by atomic mass is 16.6. The molecule has 3 aliphatic heterocycles. The highest BCUT2D eigenvalue weighted by Gasteiger charge is 2.54. The molecule has 9 rings (SSSR count). The highest BCUT2D eigenvalue weighted by Crippen LogP contribution is 2.57. The lowest BCUT2D eigenvalue weighted by molar-refractivity contribution is -0.149. The number of nitrogens with zero attached hydrogens (tertiary/aromatic N) is 3. The zero-order valence-corrected chi connectivity index (χ0v) is 51.6. The maximum atomic E-state index is 14.9. The van der Waals surface area contributed by atoms with Gasteiger partial charge in [0.1, 0.15) is 29.3 Å². The van der Waals surface area contributed by atoms with Crippen molar-refractivity contribution in [1.29, 1.82) is 0 Å². The van der Waals surface area contributed by atoms with Crippen LogP contribution in [-0.2, 0) is 45.5 Å². The quantitative estimate of drug-likeness (QED) is 0.0284. The maximum Gasteiger partial charge on any atom is 0.340 e. The molecule has 19 heteroatoms. The fourth-order valence-corrected chi connectivity index (χ4v) is 11.9. The van der Waals surface area contributed by atoms with Gasteiger partial charge in [-0.1, -0.05) is 55.3 Å². The van der Waals surface area contributed by atoms with E-state index in [9.17, 15) is 38.7 Å². The fraction of sp³-hybridized carbons (Fsp3) is 0.406. The minimum atomic E-state index is -1.36. The molecule has 0 aliphatic carbocycles. The third kappa shape index (κ3) is 14.6. The van der Waals surface area contributed by atoms with Crippen molar-refractivity contribution >= 4 is 63.8 Å². The summed E-state index contributed by atoms with van der Waals surface area (Å²) in [6.45, 7) is 6.27. The van der Waals surface area contributed by atoms with Gasteiger partial charge in [-0.3, -0.25) is 28.8 Å². The summed E-state index contributed by atoms with van der Waals surface area (Å²) in [5, 5.41) is 23.1. The minimum Gasteiger partial charge on any atom is -0.508 e. The highest BCUT2D eigenvalue weighted by molar-refractivity contribution is 6.01. The van der Waals surface area contributed by atoms with E-state index in [1.807, 2.05) is 132 Å². The minimum absolute atomic E-state index is 0.0132. The number of phenols is 1. The lowest BCUT2D eigenvalue weighted by Gasteiger charge is -2.37. The number of carbonyl (C=O) groups is 7. The van der Waals surface area contributed by atoms with Crippen molar-refractivity contribution in [3.05, 3.63) is 160 Å². The monoisotopic (exact) mass is 1200 g/mol. The fourth-order valence-electron chi connectivity index (χ4n) is 11.9. The summed E-state index contributed by atoms with van der Waals surface area (Å²) in [7, 11) is 9.30. The van der Waals surface area contributed by atoms with Gasteiger partial charge in [0.05, 0.1) is 24.1 Å². The summed E-state index contributed by atoms with van der Waals surface area (Å²) < 4.78 is 18.7. The molecule has 19 nitrogen and oxygen atoms in total. The number of carbonyl (C=O) groups excluding carboxylic acids is 7. The van der Waals surface area contributed by atoms with Gasteiger partial charge in [-0.15, -0.1) is 0 Å². The number of aromatic amines is 1. The number of phenolic OH excluding ortho intramolecular Hbond substituents is 1. The van der Waals surface area contributed by atoms with E-state index < -0.39 is 59.5 Å². The van der Waals surface area contributed by atoms with Crippen molar-refractivity contribution in [2.45, 2.75) is 128 Å². The van der Waals surface area contributed by atoms with Gasteiger partial charge < -0.3 is 60.3 Å². The first-order valence-electron chi connectivity index (χ1n) is 30.5. The Morgan fingerprint density at radius 2 is 1.43 bits per heavy atom. The first kappa shape index (κ1) is 63.4. The van der Waals surface area contributed by atoms with E-state index in [2.05, 4.69) is 26.3 Å². The van der Waals surface area contributed by atoms with E-state index in [4.69, 9.17) is 14.2 Å². The van der Waals surface area contributed by atoms with Crippen LogP contribution in [0.15, 0.2) is 121 Å². The predicted molar refractivity (Wildman–Crippen MR) is 337 cm³/mol. The normalized spacial score (nSPS) is 20.3. The van der Waals surface area contributed by atoms with Crippen LogP contribution in [0.25, 0.3) is 10.9 Å². The third-order valence-corrected chi connectivity index (χ3v) is 17.0. The number of esters is 2. The van der Waals surface area contributed by atoms with Crippen molar-refractivity contribution in [2.24, 2.45) is 5.92 Å². The first-order chi connectivity index (χ1) is 42.2. The number of cyclic esters (lactones) is 1. The summed E-state index contributed by atoms with van der Waals surface area (Å²) >= 11 is 0. The Morgan fingerprint density at radius 1 is 0.750 bits per heavy atom. The zero-order chi connectivity index (χ0) is 62.8. The Morgan fingerprint density at radius 3 is 2.14 bits per heavy atom. The molecule has 5 atom stereocenters. The van der Waals surface area contributed by atoms with E-state index >= 15 is 0 Å². The molecule has 1 unspecified atom stereocenters. The van der Waals surface area contributed by atoms with E-state index in [0.717, 1.165) is 33.4 Å². The number of ether oxygens (including phenoxy) is 3. The number of aromatic nitrogens is 1. The van der Waals surface area contributed by atoms with Crippen molar-refractivity contribution in [3.8, 4) is 17.2 Å². The number of nitrogens with one attached hydrogen (secondary N) is 5. The average molecular weight is 1200 g/mol. The lowest BCUT2D eigenvalue weighted by atomic mass is 9.77. The number of aromatic hydroxyl groups is 1. The first-order valence-corrected chi connectivity index (χ1v) is 30.5. The van der Waals surface area contributed by atoms with Crippen LogP contribution in [0.1, 0.15) is 146 Å². The van der Waals surface area contributed by atoms with Gasteiger partial charge in [-0.2, -0.15) is 0 Å². The van der Waals surface area contributed by atoms with Crippen LogP contribution >= 0.6 is 0 Å². The summed E-state index contributed by atoms with van der Waals surface area (Å²) in [6, 6.07) is 27.4. The topological polar surface area (TPSA) is 241 Å². The van der Waals surface area contributed by atoms with Gasteiger partial charge in [-0.25, -0.2) is 4.79 Å². The van der Waals surface area contributed by atoms with Crippen molar-refractivity contribution < 1.29 is 52.9 Å². The number of hydrogen-bond acceptors (Lipinski definition) is 13. The van der Waals surface area contributed by atoms with Gasteiger partial charge >= 0.3 is 11.9 Å². The SMILES string of the molecule is C/C1=C\CC[C@H](C)OC(=O)CC(c2ccc(O)cc2)NC(=O)[C@@H](Cc2c[nH]c3ccccc23)N(C)C(=O)[C@@H](CCCCNC(=O)CCCCCNC(=O)c2ccc3c(c2)C2(OC3=O)c3ccc(N(C)C)cc3Oc3cc(N(C)C)ccc32)NC(=O)[C@@H](C)C1. The molecular formula is C69H82N8O11. The van der Waals surface area contributed by atoms with Crippen LogP contribution in [0.5, 0.6) is 17.2 Å². The molecule has 6 N–H and O–H groups in total. The van der Waals surface area contributed by atoms with Crippen LogP contribution < -0.4 is 35.8 Å². The number of para-hydroxylation sites is 1. The van der Waals surface area contributed by atoms with Crippen LogP contribution in [0.4, 0.5) is 11.4 Å². The molecule has 4 heterocycles. The molecular weight excluding hydrogens is 1120 g/mol. The van der Waals surface area contributed by atoms with E-state index in [1.165, 1.54) is 17.0 Å². The molecule has 0 fully saturated rings. The van der Waals surface area contributed by atoms with Gasteiger partial charge in [0.15, 0.2) is 5.60 Å². The van der Waals surface area contributed by atoms with Gasteiger partial charge in [0.2, 0.25) is 23.6 Å². The van der Waals surface area contributed by atoms with Crippen LogP contribution in [0, 0.1) is 5.92 Å². The van der Waals surface area contributed by atoms with Crippen LogP contribution in [0.2, 0.25) is 0 Å². The number of unbranched alkanes of at least 4 members (excludes halogenated alkanes) is 3. The van der Waals surface area contributed by atoms with Gasteiger partial charge in [0, 0.05) is 130 Å². The van der Waals surface area contributed by atoms with Gasteiger partial charge in [-0.05, 0) is 137 Å². The van der Waals surface area contributed by atoms with Crippen LogP contribution in [0.3, 0.4) is 0 Å². The second kappa shape index (κ2) is 28.1. The summed E-state index contributed by atoms with van der Waals surface area (Å²) in [5.41, 5.74) is 6.21. The number of allylic oxidation sites excluding steroid dienone is 2. The summed E-state index contributed by atoms with van der Waals surface area (Å²) in [6.07, 6.45) is 8.23. The molecule has 5 aromatic carbocycles. The summed E-state index contributed by atoms with van der Waals surface area (Å²) in [4.78, 5) is 106. The van der Waals surface area contributed by atoms with Crippen LogP contribution in [-0.4, -0.2) is 123 Å². The van der Waals surface area contributed by atoms with Crippen molar-refractivity contribution in [3.63, 3.8) is 0 Å². The molecule has 0 saturated carbocycles. The molecule has 464 valence electrons. The molecule has 0 radical (unpaired) electrons. The maximum absolute atomic E-state index is 14.9. The molecule has 0 bridgehead atoms. The molecule has 1 spiro atoms. The van der Waals surface area contributed by atoms with E-state index in [0.29, 0.717) is 109 Å². The number of likely N-dealkylation sites (N-methyl/N-ethyl adjacent to an activating group) is 1. The van der Waals surface area contributed by atoms with E-state index in [1.54, 1.807) is 37.4 Å². The number of rotatable bonds is 17. The molecule has 6 aromatic rings. The average Bonchev–Trinajstić information content (AvgIpc) is 1.45. The Hall–Kier alpha value is -9.13. The Kier molecular flexibility index (Phi) is 20.3. The molecule has 5 amide bonds. The second-order valence-electron chi connectivity index (χ2n) is 24.0. The number of amides is 5. The smallest absolute Gasteiger partial charge is 0.340 e. The van der Waals surface area contributed by atoms with Crippen molar-refractivity contribution in [2.75, 3.05) is 58.1 Å². The Labute approximate surface area is 514 Å². The molecule has 3 aliphatic rings. The molecule has 0 saturated heterocycles. The third-order valence-electron chi connectivity index (χ3n) is 17.0. The lowest BCUT2D eigenvalue weighted by Crippen LogP contribution is -2.56. The summed E-state index contributed by atoms with van der Waals surface area (Å²) in [5.74, 6) is -2.17. The number of benzene rings is 5. The van der Waals surface area contributed by atoms with Gasteiger partial charge in [0.25, 0.3) is 5.91 Å².